The molecule has 4 N–H and O–H groups in total. The van der Waals surface area contributed by atoms with Gasteiger partial charge < -0.3 is 26.0 Å². The molecule has 2 unspecified atom stereocenters. The van der Waals surface area contributed by atoms with Crippen molar-refractivity contribution in [3.63, 3.8) is 0 Å². The van der Waals surface area contributed by atoms with E-state index in [4.69, 9.17) is 32.9 Å². The van der Waals surface area contributed by atoms with Gasteiger partial charge in [0.2, 0.25) is 17.7 Å². The molecule has 7 rings (SSSR count). The fraction of sp³-hybridized carbons (Fsp3) is 0.308. The number of aromatic nitrogens is 3. The molecule has 5 aromatic rings. The number of methoxy groups -OCH3 is 1. The van der Waals surface area contributed by atoms with Crippen molar-refractivity contribution in [2.24, 2.45) is 0 Å². The van der Waals surface area contributed by atoms with Crippen LogP contribution in [0.3, 0.4) is 0 Å². The SMILES string of the molecule is COc1nc(-c2cccc(-c3cccc(-c4ccn5c(=O)c(CNCCC6CCC(=O)N6)cnc5c4)c3Cl)c2Cl)ccc1CNCC1CCC(=O)N1. The zero-order valence-electron chi connectivity index (χ0n) is 28.7. The van der Waals surface area contributed by atoms with E-state index in [0.717, 1.165) is 52.6 Å². The summed E-state index contributed by atoms with van der Waals surface area (Å²) in [6, 6.07) is 19.5. The molecule has 268 valence electrons. The molecule has 0 saturated carbocycles. The van der Waals surface area contributed by atoms with Crippen LogP contribution in [0.1, 0.15) is 43.2 Å². The molecule has 2 aromatic carbocycles. The van der Waals surface area contributed by atoms with E-state index in [9.17, 15) is 14.4 Å². The number of nitrogens with zero attached hydrogens (tertiary/aromatic N) is 3. The van der Waals surface area contributed by atoms with Crippen molar-refractivity contribution in [3.05, 3.63) is 105 Å². The molecule has 3 aromatic heterocycles. The normalized spacial score (nSPS) is 17.1. The highest BCUT2D eigenvalue weighted by Crippen LogP contribution is 2.42. The van der Waals surface area contributed by atoms with Crippen molar-refractivity contribution in [2.45, 2.75) is 57.3 Å². The zero-order valence-corrected chi connectivity index (χ0v) is 30.2. The molecular weight excluding hydrogens is 701 g/mol. The molecule has 0 aliphatic carbocycles. The van der Waals surface area contributed by atoms with Crippen molar-refractivity contribution < 1.29 is 14.3 Å². The Morgan fingerprint density at radius 3 is 2.21 bits per heavy atom. The predicted molar refractivity (Wildman–Crippen MR) is 202 cm³/mol. The number of amides is 2. The summed E-state index contributed by atoms with van der Waals surface area (Å²) in [5.74, 6) is 0.683. The highest BCUT2D eigenvalue weighted by molar-refractivity contribution is 6.39. The Hall–Kier alpha value is -4.81. The number of hydrogen-bond acceptors (Lipinski definition) is 8. The lowest BCUT2D eigenvalue weighted by Crippen LogP contribution is -2.35. The third-order valence-electron chi connectivity index (χ3n) is 9.65. The summed E-state index contributed by atoms with van der Waals surface area (Å²) < 4.78 is 7.18. The number of fused-ring (bicyclic) bond motifs is 1. The number of halogens is 2. The summed E-state index contributed by atoms with van der Waals surface area (Å²) in [4.78, 5) is 45.6. The Kier molecular flexibility index (Phi) is 10.8. The fourth-order valence-corrected chi connectivity index (χ4v) is 7.50. The van der Waals surface area contributed by atoms with Gasteiger partial charge in [0.25, 0.3) is 5.56 Å². The maximum absolute atomic E-state index is 13.3. The first-order valence-electron chi connectivity index (χ1n) is 17.4. The van der Waals surface area contributed by atoms with Crippen molar-refractivity contribution in [1.29, 1.82) is 0 Å². The molecule has 2 aliphatic heterocycles. The molecular formula is C39H39Cl2N7O4. The van der Waals surface area contributed by atoms with Gasteiger partial charge in [-0.05, 0) is 49.6 Å². The van der Waals surface area contributed by atoms with Gasteiger partial charge in [-0.1, -0.05) is 65.7 Å². The Bertz CT molecular complexity index is 2210. The fourth-order valence-electron chi connectivity index (χ4n) is 6.84. The van der Waals surface area contributed by atoms with E-state index in [0.29, 0.717) is 71.9 Å². The number of rotatable bonds is 13. The molecule has 11 nitrogen and oxygen atoms in total. The first-order chi connectivity index (χ1) is 25.3. The van der Waals surface area contributed by atoms with E-state index in [-0.39, 0.29) is 29.5 Å². The van der Waals surface area contributed by atoms with E-state index in [1.165, 1.54) is 4.40 Å². The van der Waals surface area contributed by atoms with Gasteiger partial charge >= 0.3 is 0 Å². The van der Waals surface area contributed by atoms with Crippen LogP contribution >= 0.6 is 23.2 Å². The summed E-state index contributed by atoms with van der Waals surface area (Å²) in [6.45, 7) is 2.28. The maximum Gasteiger partial charge on any atom is 0.262 e. The number of hydrogen-bond donors (Lipinski definition) is 4. The van der Waals surface area contributed by atoms with Crippen LogP contribution in [0.25, 0.3) is 39.2 Å². The Morgan fingerprint density at radius 1 is 0.827 bits per heavy atom. The van der Waals surface area contributed by atoms with Crippen LogP contribution in [-0.2, 0) is 22.7 Å². The lowest BCUT2D eigenvalue weighted by molar-refractivity contribution is -0.120. The van der Waals surface area contributed by atoms with Gasteiger partial charge in [-0.15, -0.1) is 0 Å². The minimum atomic E-state index is -0.143. The van der Waals surface area contributed by atoms with Gasteiger partial charge in [-0.25, -0.2) is 9.97 Å². The summed E-state index contributed by atoms with van der Waals surface area (Å²) in [7, 11) is 1.59. The van der Waals surface area contributed by atoms with Crippen molar-refractivity contribution in [2.75, 3.05) is 20.2 Å². The van der Waals surface area contributed by atoms with Gasteiger partial charge in [0, 0.05) is 90.3 Å². The molecule has 2 amide bonds. The molecule has 2 atom stereocenters. The first kappa shape index (κ1) is 35.6. The third kappa shape index (κ3) is 7.68. The van der Waals surface area contributed by atoms with Crippen molar-refractivity contribution >= 4 is 40.7 Å². The molecule has 2 aliphatic rings. The molecule has 52 heavy (non-hydrogen) atoms. The standard InChI is InChI=1S/C39H39Cl2N7O4/c1-52-38-24(19-43-22-27-10-13-35(50)46-27)8-11-32(47-38)31-7-3-6-30(37(31)41)29-5-2-4-28(36(29)40)23-15-17-48-33(18-23)44-21-25(39(48)51)20-42-16-14-26-9-12-34(49)45-26/h2-8,11,15,17-18,21,26-27,42-43H,9-10,12-14,16,19-20,22H2,1H3,(H,45,49)(H,46,50). The Balaban J connectivity index is 1.08. The number of nitrogens with one attached hydrogen (secondary N) is 4. The monoisotopic (exact) mass is 739 g/mol. The second-order valence-corrected chi connectivity index (χ2v) is 13.9. The van der Waals surface area contributed by atoms with Crippen LogP contribution in [-0.4, -0.2) is 58.5 Å². The average Bonchev–Trinajstić information content (AvgIpc) is 3.78. The van der Waals surface area contributed by atoms with Crippen LogP contribution < -0.4 is 31.6 Å². The lowest BCUT2D eigenvalue weighted by Gasteiger charge is -2.16. The van der Waals surface area contributed by atoms with Crippen LogP contribution in [0.5, 0.6) is 5.88 Å². The largest absolute Gasteiger partial charge is 0.481 e. The average molecular weight is 741 g/mol. The molecule has 0 spiro atoms. The number of carbonyl (C=O) groups excluding carboxylic acids is 2. The molecule has 2 saturated heterocycles. The van der Waals surface area contributed by atoms with Gasteiger partial charge in [0.15, 0.2) is 0 Å². The lowest BCUT2D eigenvalue weighted by atomic mass is 9.97. The van der Waals surface area contributed by atoms with Gasteiger partial charge in [0.05, 0.1) is 22.8 Å². The van der Waals surface area contributed by atoms with Crippen LogP contribution in [0.15, 0.2) is 77.9 Å². The quantitative estimate of drug-likeness (QED) is 0.116. The Labute approximate surface area is 311 Å². The van der Waals surface area contributed by atoms with Crippen molar-refractivity contribution in [1.82, 2.24) is 35.6 Å². The van der Waals surface area contributed by atoms with E-state index in [2.05, 4.69) is 26.3 Å². The molecule has 2 fully saturated rings. The second kappa shape index (κ2) is 15.8. The highest BCUT2D eigenvalue weighted by atomic mass is 35.5. The third-order valence-corrected chi connectivity index (χ3v) is 10.5. The number of benzene rings is 2. The predicted octanol–water partition coefficient (Wildman–Crippen LogP) is 5.53. The minimum Gasteiger partial charge on any atom is -0.481 e. The summed E-state index contributed by atoms with van der Waals surface area (Å²) in [5.41, 5.74) is 6.29. The number of pyridine rings is 2. The molecule has 5 heterocycles. The molecule has 13 heteroatoms. The van der Waals surface area contributed by atoms with Crippen LogP contribution in [0.4, 0.5) is 0 Å². The second-order valence-electron chi connectivity index (χ2n) is 13.1. The molecule has 0 radical (unpaired) electrons. The van der Waals surface area contributed by atoms with Crippen molar-refractivity contribution in [3.8, 4) is 39.4 Å². The van der Waals surface area contributed by atoms with Crippen LogP contribution in [0.2, 0.25) is 10.0 Å². The van der Waals surface area contributed by atoms with E-state index < -0.39 is 0 Å². The Morgan fingerprint density at radius 2 is 1.50 bits per heavy atom. The maximum atomic E-state index is 13.3. The van der Waals surface area contributed by atoms with Gasteiger partial charge in [0.1, 0.15) is 5.65 Å². The topological polar surface area (TPSA) is 139 Å². The number of ether oxygens (including phenoxy) is 1. The van der Waals surface area contributed by atoms with E-state index >= 15 is 0 Å². The zero-order chi connectivity index (χ0) is 36.2. The van der Waals surface area contributed by atoms with E-state index in [1.54, 1.807) is 19.5 Å². The highest BCUT2D eigenvalue weighted by Gasteiger charge is 2.22. The summed E-state index contributed by atoms with van der Waals surface area (Å²) in [5, 5.41) is 13.6. The van der Waals surface area contributed by atoms with Crippen LogP contribution in [0, 0.1) is 0 Å². The summed E-state index contributed by atoms with van der Waals surface area (Å²) >= 11 is 14.2. The number of carbonyl (C=O) groups is 2. The minimum absolute atomic E-state index is 0.0926. The van der Waals surface area contributed by atoms with Gasteiger partial charge in [-0.2, -0.15) is 0 Å². The van der Waals surface area contributed by atoms with Gasteiger partial charge in [-0.3, -0.25) is 18.8 Å². The smallest absolute Gasteiger partial charge is 0.262 e. The molecule has 0 bridgehead atoms. The van der Waals surface area contributed by atoms with E-state index in [1.807, 2.05) is 60.7 Å². The first-order valence-corrected chi connectivity index (χ1v) is 18.2. The summed E-state index contributed by atoms with van der Waals surface area (Å²) in [6.07, 6.45) is 6.96.